The molecule has 2 fully saturated rings. The Labute approximate surface area is 189 Å². The number of fused-ring (bicyclic) bond motifs is 1. The first kappa shape index (κ1) is 21.5. The summed E-state index contributed by atoms with van der Waals surface area (Å²) in [5.74, 6) is -0.148. The first-order valence-corrected chi connectivity index (χ1v) is 11.4. The molecule has 0 bridgehead atoms. The lowest BCUT2D eigenvalue weighted by Crippen LogP contribution is -2.40. The molecule has 2 aromatic rings. The van der Waals surface area contributed by atoms with E-state index in [0.29, 0.717) is 58.7 Å². The molecule has 4 rings (SSSR count). The van der Waals surface area contributed by atoms with Gasteiger partial charge in [0.2, 0.25) is 5.91 Å². The summed E-state index contributed by atoms with van der Waals surface area (Å²) in [6.45, 7) is 3.64. The Balaban J connectivity index is 1.79. The molecule has 0 atom stereocenters. The maximum Gasteiger partial charge on any atom is 0.267 e. The summed E-state index contributed by atoms with van der Waals surface area (Å²) in [5, 5.41) is 0. The fourth-order valence-electron chi connectivity index (χ4n) is 3.88. The van der Waals surface area contributed by atoms with Gasteiger partial charge in [0.25, 0.3) is 11.5 Å². The molecule has 0 aliphatic carbocycles. The van der Waals surface area contributed by atoms with Crippen LogP contribution in [0.25, 0.3) is 11.7 Å². The molecule has 4 heterocycles. The van der Waals surface area contributed by atoms with Crippen LogP contribution in [-0.2, 0) is 9.59 Å². The molecule has 10 heteroatoms. The Morgan fingerprint density at radius 3 is 2.74 bits per heavy atom. The zero-order valence-electron chi connectivity index (χ0n) is 17.1. The van der Waals surface area contributed by atoms with Crippen molar-refractivity contribution in [1.29, 1.82) is 0 Å². The van der Waals surface area contributed by atoms with Crippen molar-refractivity contribution >= 4 is 57.7 Å². The highest BCUT2D eigenvalue weighted by atomic mass is 32.2. The number of nitrogens with zero attached hydrogens (tertiary/aromatic N) is 4. The van der Waals surface area contributed by atoms with Gasteiger partial charge in [-0.15, -0.1) is 0 Å². The average Bonchev–Trinajstić information content (AvgIpc) is 3.03. The number of carbonyl (C=O) groups excluding carboxylic acids is 2. The summed E-state index contributed by atoms with van der Waals surface area (Å²) in [6.07, 6.45) is 5.26. The van der Waals surface area contributed by atoms with E-state index in [-0.39, 0.29) is 23.3 Å². The minimum Gasteiger partial charge on any atom is -0.369 e. The number of anilines is 1. The van der Waals surface area contributed by atoms with Crippen LogP contribution in [0.2, 0.25) is 0 Å². The topological polar surface area (TPSA) is 101 Å². The summed E-state index contributed by atoms with van der Waals surface area (Å²) in [5.41, 5.74) is 6.08. The second-order valence-corrected chi connectivity index (χ2v) is 9.26. The standard InChI is InChI=1S/C21H23N5O3S2/c1-2-8-26-20(29)15(31-21(26)30)12-14-18(24-10-6-13(7-11-24)17(22)27)23-16-5-3-4-9-25(16)19(14)28/h3-5,9,12-13H,2,6-8,10-11H2,1H3,(H2,22,27). The van der Waals surface area contributed by atoms with Gasteiger partial charge < -0.3 is 10.6 Å². The number of primary amides is 1. The van der Waals surface area contributed by atoms with E-state index >= 15 is 0 Å². The number of pyridine rings is 1. The summed E-state index contributed by atoms with van der Waals surface area (Å²) < 4.78 is 1.97. The van der Waals surface area contributed by atoms with Crippen LogP contribution < -0.4 is 16.2 Å². The van der Waals surface area contributed by atoms with Crippen molar-refractivity contribution in [2.75, 3.05) is 24.5 Å². The van der Waals surface area contributed by atoms with Crippen molar-refractivity contribution in [3.8, 4) is 0 Å². The van der Waals surface area contributed by atoms with E-state index in [1.807, 2.05) is 17.9 Å². The van der Waals surface area contributed by atoms with E-state index in [4.69, 9.17) is 22.9 Å². The highest BCUT2D eigenvalue weighted by Crippen LogP contribution is 2.34. The quantitative estimate of drug-likeness (QED) is 0.541. The molecular formula is C21H23N5O3S2. The number of hydrogen-bond donors (Lipinski definition) is 1. The number of piperidine rings is 1. The SMILES string of the molecule is CCCN1C(=O)C(=Cc2c(N3CCC(C(N)=O)CC3)nc3ccccn3c2=O)SC1=S. The maximum atomic E-state index is 13.4. The smallest absolute Gasteiger partial charge is 0.267 e. The fourth-order valence-corrected chi connectivity index (χ4v) is 5.17. The Kier molecular flexibility index (Phi) is 6.10. The lowest BCUT2D eigenvalue weighted by Gasteiger charge is -2.32. The van der Waals surface area contributed by atoms with Crippen molar-refractivity contribution < 1.29 is 9.59 Å². The molecule has 162 valence electrons. The van der Waals surface area contributed by atoms with Gasteiger partial charge in [-0.25, -0.2) is 4.98 Å². The maximum absolute atomic E-state index is 13.4. The minimum atomic E-state index is -0.300. The minimum absolute atomic E-state index is 0.174. The Morgan fingerprint density at radius 1 is 1.32 bits per heavy atom. The lowest BCUT2D eigenvalue weighted by atomic mass is 9.96. The second kappa shape index (κ2) is 8.80. The number of thioether (sulfide) groups is 1. The van der Waals surface area contributed by atoms with Crippen LogP contribution in [0.5, 0.6) is 0 Å². The van der Waals surface area contributed by atoms with Gasteiger partial charge in [-0.1, -0.05) is 37.0 Å². The lowest BCUT2D eigenvalue weighted by molar-refractivity contribution is -0.123. The molecule has 0 saturated carbocycles. The van der Waals surface area contributed by atoms with E-state index in [1.54, 1.807) is 29.3 Å². The molecular weight excluding hydrogens is 434 g/mol. The van der Waals surface area contributed by atoms with Crippen molar-refractivity contribution in [2.45, 2.75) is 26.2 Å². The largest absolute Gasteiger partial charge is 0.369 e. The van der Waals surface area contributed by atoms with E-state index < -0.39 is 0 Å². The summed E-state index contributed by atoms with van der Waals surface area (Å²) in [6, 6.07) is 5.35. The Morgan fingerprint density at radius 2 is 2.06 bits per heavy atom. The van der Waals surface area contributed by atoms with Gasteiger partial charge in [-0.2, -0.15) is 0 Å². The van der Waals surface area contributed by atoms with Gasteiger partial charge in [-0.3, -0.25) is 23.7 Å². The number of aromatic nitrogens is 2. The van der Waals surface area contributed by atoms with Crippen molar-refractivity contribution in [2.24, 2.45) is 11.7 Å². The van der Waals surface area contributed by atoms with Crippen molar-refractivity contribution in [1.82, 2.24) is 14.3 Å². The molecule has 2 aromatic heterocycles. The van der Waals surface area contributed by atoms with Crippen LogP contribution in [0.1, 0.15) is 31.7 Å². The zero-order valence-corrected chi connectivity index (χ0v) is 18.7. The molecule has 2 aliphatic heterocycles. The molecule has 2 N–H and O–H groups in total. The van der Waals surface area contributed by atoms with Gasteiger partial charge >= 0.3 is 0 Å². The normalized spacial score (nSPS) is 19.1. The van der Waals surface area contributed by atoms with Crippen LogP contribution in [0.15, 0.2) is 34.1 Å². The van der Waals surface area contributed by atoms with Crippen LogP contribution in [0.4, 0.5) is 5.82 Å². The average molecular weight is 458 g/mol. The number of amides is 2. The van der Waals surface area contributed by atoms with Crippen molar-refractivity contribution in [3.63, 3.8) is 0 Å². The molecule has 0 aromatic carbocycles. The van der Waals surface area contributed by atoms with Crippen LogP contribution in [0.3, 0.4) is 0 Å². The molecule has 0 unspecified atom stereocenters. The summed E-state index contributed by atoms with van der Waals surface area (Å²) >= 11 is 6.56. The molecule has 2 saturated heterocycles. The number of rotatable bonds is 5. The van der Waals surface area contributed by atoms with E-state index in [0.717, 1.165) is 6.42 Å². The highest BCUT2D eigenvalue weighted by Gasteiger charge is 2.33. The van der Waals surface area contributed by atoms with Gasteiger partial charge in [0.15, 0.2) is 0 Å². The van der Waals surface area contributed by atoms with E-state index in [1.165, 1.54) is 16.2 Å². The van der Waals surface area contributed by atoms with Crippen molar-refractivity contribution in [3.05, 3.63) is 45.2 Å². The predicted octanol–water partition coefficient (Wildman–Crippen LogP) is 2.01. The Bertz CT molecular complexity index is 1150. The highest BCUT2D eigenvalue weighted by molar-refractivity contribution is 8.26. The number of carbonyl (C=O) groups is 2. The fraction of sp³-hybridized carbons (Fsp3) is 0.381. The molecule has 31 heavy (non-hydrogen) atoms. The summed E-state index contributed by atoms with van der Waals surface area (Å²) in [7, 11) is 0. The summed E-state index contributed by atoms with van der Waals surface area (Å²) in [4.78, 5) is 46.5. The zero-order chi connectivity index (χ0) is 22.1. The van der Waals surface area contributed by atoms with Crippen LogP contribution >= 0.6 is 24.0 Å². The Hall–Kier alpha value is -2.72. The monoisotopic (exact) mass is 457 g/mol. The van der Waals surface area contributed by atoms with Crippen LogP contribution in [-0.4, -0.2) is 50.1 Å². The third-order valence-electron chi connectivity index (χ3n) is 5.54. The number of nitrogens with two attached hydrogens (primary N) is 1. The molecule has 8 nitrogen and oxygen atoms in total. The number of hydrogen-bond acceptors (Lipinski definition) is 7. The third kappa shape index (κ3) is 4.09. The van der Waals surface area contributed by atoms with Crippen LogP contribution in [0, 0.1) is 5.92 Å². The van der Waals surface area contributed by atoms with Gasteiger partial charge in [0, 0.05) is 31.7 Å². The third-order valence-corrected chi connectivity index (χ3v) is 6.92. The van der Waals surface area contributed by atoms with Gasteiger partial charge in [0.1, 0.15) is 15.8 Å². The first-order valence-electron chi connectivity index (χ1n) is 10.2. The second-order valence-electron chi connectivity index (χ2n) is 7.58. The van der Waals surface area contributed by atoms with E-state index in [2.05, 4.69) is 0 Å². The molecule has 2 amide bonds. The predicted molar refractivity (Wildman–Crippen MR) is 126 cm³/mol. The van der Waals surface area contributed by atoms with E-state index in [9.17, 15) is 14.4 Å². The van der Waals surface area contributed by atoms with Gasteiger partial charge in [0.05, 0.1) is 10.5 Å². The molecule has 2 aliphatic rings. The molecule has 0 spiro atoms. The first-order chi connectivity index (χ1) is 14.9. The molecule has 0 radical (unpaired) electrons. The number of thiocarbonyl (C=S) groups is 1. The van der Waals surface area contributed by atoms with Gasteiger partial charge in [-0.05, 0) is 37.5 Å².